The average Bonchev–Trinajstić information content (AvgIpc) is 3.14. The zero-order valence-electron chi connectivity index (χ0n) is 35.1. The number of phosphoric ester groups is 1. The molecule has 4 N–H and O–H groups in total. The van der Waals surface area contributed by atoms with Crippen LogP contribution in [0.25, 0.3) is 0 Å². The number of ether oxygens (including phenoxy) is 2. The Morgan fingerprint density at radius 3 is 1.47 bits per heavy atom. The molecule has 55 heavy (non-hydrogen) atoms. The summed E-state index contributed by atoms with van der Waals surface area (Å²) in [6.07, 6.45) is 38.1. The van der Waals surface area contributed by atoms with Crippen molar-refractivity contribution in [2.45, 2.75) is 206 Å². The summed E-state index contributed by atoms with van der Waals surface area (Å²) in [7, 11) is -4.71. The van der Waals surface area contributed by atoms with Crippen LogP contribution in [0.15, 0.2) is 24.3 Å². The molecule has 0 aromatic rings. The minimum atomic E-state index is -4.71. The van der Waals surface area contributed by atoms with Crippen LogP contribution < -0.4 is 5.73 Å². The van der Waals surface area contributed by atoms with Crippen molar-refractivity contribution in [1.82, 2.24) is 0 Å². The molecule has 0 aliphatic rings. The Kier molecular flexibility index (Phi) is 41.9. The van der Waals surface area contributed by atoms with Gasteiger partial charge in [-0.15, -0.1) is 0 Å². The fraction of sp³-hybridized carbons (Fsp3) is 0.833. The fourth-order valence-electron chi connectivity index (χ4n) is 5.80. The number of carbonyl (C=O) groups is 3. The Morgan fingerprint density at radius 1 is 0.582 bits per heavy atom. The van der Waals surface area contributed by atoms with Crippen LogP contribution in [0.2, 0.25) is 0 Å². The van der Waals surface area contributed by atoms with E-state index in [0.717, 1.165) is 64.2 Å². The number of carboxylic acid groups (broad SMARTS) is 1. The van der Waals surface area contributed by atoms with Crippen LogP contribution in [0.5, 0.6) is 0 Å². The number of hydrogen-bond donors (Lipinski definition) is 3. The molecule has 0 saturated heterocycles. The van der Waals surface area contributed by atoms with Gasteiger partial charge < -0.3 is 25.2 Å². The van der Waals surface area contributed by atoms with E-state index in [0.29, 0.717) is 12.8 Å². The Bertz CT molecular complexity index is 1030. The maximum atomic E-state index is 12.6. The number of carboxylic acids is 1. The number of rotatable bonds is 40. The molecule has 0 bridgehead atoms. The van der Waals surface area contributed by atoms with Gasteiger partial charge >= 0.3 is 25.7 Å². The first-order valence-corrected chi connectivity index (χ1v) is 22.9. The molecule has 0 rings (SSSR count). The molecule has 0 aliphatic carbocycles. The first-order chi connectivity index (χ1) is 26.1. The quantitative estimate of drug-likeness (QED) is 0.0177. The second-order valence-electron chi connectivity index (χ2n) is 14.5. The zero-order valence-corrected chi connectivity index (χ0v) is 38.0. The van der Waals surface area contributed by atoms with Gasteiger partial charge in [-0.05, 0) is 44.9 Å². The van der Waals surface area contributed by atoms with E-state index >= 15 is 0 Å². The topological polar surface area (TPSA) is 172 Å². The van der Waals surface area contributed by atoms with Crippen LogP contribution in [0, 0.1) is 0 Å². The van der Waals surface area contributed by atoms with Gasteiger partial charge in [0.1, 0.15) is 12.6 Å². The van der Waals surface area contributed by atoms with E-state index in [-0.39, 0.29) is 49.0 Å². The monoisotopic (exact) mass is 811 g/mol. The Morgan fingerprint density at radius 2 is 0.982 bits per heavy atom. The van der Waals surface area contributed by atoms with Crippen molar-refractivity contribution in [2.24, 2.45) is 5.73 Å². The summed E-state index contributed by atoms with van der Waals surface area (Å²) >= 11 is 0. The molecule has 0 fully saturated rings. The smallest absolute Gasteiger partial charge is 0.472 e. The Balaban J connectivity index is 0. The van der Waals surface area contributed by atoms with Crippen molar-refractivity contribution in [1.29, 1.82) is 0 Å². The van der Waals surface area contributed by atoms with Crippen LogP contribution in [0.1, 0.15) is 194 Å². The molecule has 317 valence electrons. The molecule has 0 heterocycles. The van der Waals surface area contributed by atoms with Crippen molar-refractivity contribution in [3.63, 3.8) is 0 Å². The van der Waals surface area contributed by atoms with Gasteiger partial charge in [0.25, 0.3) is 0 Å². The summed E-state index contributed by atoms with van der Waals surface area (Å²) in [5.74, 6) is -2.39. The van der Waals surface area contributed by atoms with E-state index in [1.165, 1.54) is 89.9 Å². The van der Waals surface area contributed by atoms with Gasteiger partial charge in [-0.3, -0.25) is 23.4 Å². The second kappa shape index (κ2) is 41.1. The molecular formula is C42H78NNaO10P. The van der Waals surface area contributed by atoms with Crippen molar-refractivity contribution in [3.05, 3.63) is 24.3 Å². The molecular weight excluding hydrogens is 732 g/mol. The van der Waals surface area contributed by atoms with Crippen LogP contribution in [-0.4, -0.2) is 89.4 Å². The molecule has 0 amide bonds. The molecule has 11 nitrogen and oxygen atoms in total. The largest absolute Gasteiger partial charge is 0.480 e. The number of allylic oxidation sites excluding steroid dienone is 4. The third-order valence-corrected chi connectivity index (χ3v) is 10.2. The summed E-state index contributed by atoms with van der Waals surface area (Å²) in [5, 5.41) is 8.88. The number of phosphoric acid groups is 1. The number of esters is 2. The fourth-order valence-corrected chi connectivity index (χ4v) is 6.58. The Hall–Kier alpha value is -1.04. The van der Waals surface area contributed by atoms with Crippen LogP contribution >= 0.6 is 7.82 Å². The van der Waals surface area contributed by atoms with Gasteiger partial charge in [0.15, 0.2) is 6.10 Å². The van der Waals surface area contributed by atoms with Gasteiger partial charge in [0, 0.05) is 42.4 Å². The number of aliphatic carboxylic acids is 1. The molecule has 0 aliphatic heterocycles. The van der Waals surface area contributed by atoms with Gasteiger partial charge in [-0.1, -0.05) is 160 Å². The van der Waals surface area contributed by atoms with Crippen molar-refractivity contribution < 1.29 is 47.5 Å². The SMILES string of the molecule is CCCCC/C=C\C/C=C\CCCCCCCC(=O)O[C@H](COC(=O)CCCCCCCCCCCCCCCCC)COP(=O)(O)OC[C@H](N)C(=O)O.[Na]. The second-order valence-corrected chi connectivity index (χ2v) is 15.9. The molecule has 3 atom stereocenters. The van der Waals surface area contributed by atoms with Gasteiger partial charge in [-0.2, -0.15) is 0 Å². The average molecular weight is 811 g/mol. The summed E-state index contributed by atoms with van der Waals surface area (Å²) in [6, 6.07) is -1.52. The van der Waals surface area contributed by atoms with E-state index in [4.69, 9.17) is 24.8 Å². The maximum absolute atomic E-state index is 12.6. The summed E-state index contributed by atoms with van der Waals surface area (Å²) in [6.45, 7) is 2.77. The first kappa shape index (κ1) is 56.1. The van der Waals surface area contributed by atoms with E-state index in [1.54, 1.807) is 0 Å². The molecule has 13 heteroatoms. The van der Waals surface area contributed by atoms with Crippen molar-refractivity contribution >= 4 is 55.3 Å². The third-order valence-electron chi connectivity index (χ3n) is 9.20. The van der Waals surface area contributed by atoms with E-state index in [9.17, 15) is 23.8 Å². The summed E-state index contributed by atoms with van der Waals surface area (Å²) in [4.78, 5) is 45.9. The van der Waals surface area contributed by atoms with E-state index in [2.05, 4.69) is 42.7 Å². The minimum absolute atomic E-state index is 0. The van der Waals surface area contributed by atoms with Crippen LogP contribution in [0.4, 0.5) is 0 Å². The summed E-state index contributed by atoms with van der Waals surface area (Å²) in [5.41, 5.74) is 5.33. The molecule has 1 radical (unpaired) electrons. The van der Waals surface area contributed by atoms with E-state index < -0.39 is 51.1 Å². The molecule has 0 saturated carbocycles. The van der Waals surface area contributed by atoms with Gasteiger partial charge in [0.2, 0.25) is 0 Å². The van der Waals surface area contributed by atoms with Gasteiger partial charge in [0.05, 0.1) is 13.2 Å². The predicted molar refractivity (Wildman–Crippen MR) is 223 cm³/mol. The van der Waals surface area contributed by atoms with Crippen LogP contribution in [-0.2, 0) is 37.5 Å². The zero-order chi connectivity index (χ0) is 40.0. The van der Waals surface area contributed by atoms with Gasteiger partial charge in [-0.25, -0.2) is 4.57 Å². The number of unbranched alkanes of at least 4 members (excludes halogenated alkanes) is 22. The first-order valence-electron chi connectivity index (χ1n) is 21.4. The standard InChI is InChI=1S/C42H78NO10P.Na/c1-3-5-7-9-11-13-15-17-19-21-23-25-27-29-31-33-40(44)50-35-38(36-51-54(48,49)52-37-39(43)42(46)47)53-41(45)34-32-30-28-26-24-22-20-18-16-14-12-10-8-6-4-2;/h12,14,18,20,38-39H,3-11,13,15-17,19,21-37,43H2,1-2H3,(H,46,47)(H,48,49);/b14-12-,20-18-;/t38-,39+;/m1./s1. The number of nitrogens with two attached hydrogens (primary N) is 1. The molecule has 0 aromatic carbocycles. The summed E-state index contributed by atoms with van der Waals surface area (Å²) < 4.78 is 32.7. The molecule has 1 unspecified atom stereocenters. The third kappa shape index (κ3) is 40.9. The minimum Gasteiger partial charge on any atom is -0.480 e. The normalized spacial score (nSPS) is 13.7. The molecule has 0 aromatic heterocycles. The van der Waals surface area contributed by atoms with E-state index in [1.807, 2.05) is 0 Å². The Labute approximate surface area is 356 Å². The maximum Gasteiger partial charge on any atom is 0.472 e. The number of carbonyl (C=O) groups excluding carboxylic acids is 2. The predicted octanol–water partition coefficient (Wildman–Crippen LogP) is 10.7. The molecule has 0 spiro atoms. The number of hydrogen-bond acceptors (Lipinski definition) is 9. The van der Waals surface area contributed by atoms with Crippen molar-refractivity contribution in [3.8, 4) is 0 Å². The van der Waals surface area contributed by atoms with Crippen LogP contribution in [0.3, 0.4) is 0 Å². The van der Waals surface area contributed by atoms with Crippen molar-refractivity contribution in [2.75, 3.05) is 19.8 Å².